The number of halogens is 3. The fourth-order valence-electron chi connectivity index (χ4n) is 2.79. The monoisotopic (exact) mass is 362 g/mol. The zero-order valence-corrected chi connectivity index (χ0v) is 13.6. The second-order valence-electron chi connectivity index (χ2n) is 6.10. The summed E-state index contributed by atoms with van der Waals surface area (Å²) >= 11 is 0. The van der Waals surface area contributed by atoms with E-state index in [0.717, 1.165) is 50.9 Å². The van der Waals surface area contributed by atoms with Crippen LogP contribution in [0.5, 0.6) is 5.88 Å². The van der Waals surface area contributed by atoms with Crippen molar-refractivity contribution in [2.24, 2.45) is 5.92 Å². The SMILES string of the molecule is O=C(O)C(F)(F)F.c1ccc(OCCC2CCOC3(CNC3)C2)nc1. The first-order chi connectivity index (χ1) is 11.8. The lowest BCUT2D eigenvalue weighted by molar-refractivity contribution is -0.192. The molecule has 2 aliphatic heterocycles. The molecule has 0 aromatic carbocycles. The van der Waals surface area contributed by atoms with Gasteiger partial charge in [-0.05, 0) is 31.2 Å². The molecule has 25 heavy (non-hydrogen) atoms. The maximum atomic E-state index is 10.6. The number of pyridine rings is 1. The molecule has 2 fully saturated rings. The third kappa shape index (κ3) is 6.17. The van der Waals surface area contributed by atoms with Crippen LogP contribution in [0.25, 0.3) is 0 Å². The van der Waals surface area contributed by atoms with E-state index in [0.29, 0.717) is 0 Å². The van der Waals surface area contributed by atoms with Gasteiger partial charge in [-0.2, -0.15) is 13.2 Å². The van der Waals surface area contributed by atoms with Crippen LogP contribution >= 0.6 is 0 Å². The summed E-state index contributed by atoms with van der Waals surface area (Å²) in [6, 6.07) is 5.76. The van der Waals surface area contributed by atoms with Crippen LogP contribution in [0.3, 0.4) is 0 Å². The zero-order valence-electron chi connectivity index (χ0n) is 13.6. The van der Waals surface area contributed by atoms with Gasteiger partial charge >= 0.3 is 12.1 Å². The average molecular weight is 362 g/mol. The van der Waals surface area contributed by atoms with Crippen molar-refractivity contribution in [2.45, 2.75) is 31.0 Å². The number of hydrogen-bond acceptors (Lipinski definition) is 5. The van der Waals surface area contributed by atoms with E-state index in [-0.39, 0.29) is 5.60 Å². The molecule has 1 aromatic rings. The molecular formula is C16H21F3N2O4. The van der Waals surface area contributed by atoms with Crippen molar-refractivity contribution >= 4 is 5.97 Å². The first-order valence-electron chi connectivity index (χ1n) is 7.99. The fraction of sp³-hybridized carbons (Fsp3) is 0.625. The number of carboxylic acid groups (broad SMARTS) is 1. The summed E-state index contributed by atoms with van der Waals surface area (Å²) in [6.45, 7) is 3.69. The summed E-state index contributed by atoms with van der Waals surface area (Å²) in [7, 11) is 0. The second-order valence-corrected chi connectivity index (χ2v) is 6.10. The Labute approximate surface area is 143 Å². The molecule has 1 unspecified atom stereocenters. The largest absolute Gasteiger partial charge is 0.490 e. The second kappa shape index (κ2) is 8.48. The molecule has 2 aliphatic rings. The van der Waals surface area contributed by atoms with Crippen LogP contribution in [0, 0.1) is 5.92 Å². The number of rotatable bonds is 4. The predicted molar refractivity (Wildman–Crippen MR) is 82.3 cm³/mol. The van der Waals surface area contributed by atoms with Gasteiger partial charge in [0.1, 0.15) is 0 Å². The number of carbonyl (C=O) groups is 1. The molecule has 1 spiro atoms. The summed E-state index contributed by atoms with van der Waals surface area (Å²) in [6.07, 6.45) is 0.111. The summed E-state index contributed by atoms with van der Waals surface area (Å²) in [5.74, 6) is -1.30. The Kier molecular flexibility index (Phi) is 6.60. The van der Waals surface area contributed by atoms with E-state index in [4.69, 9.17) is 19.4 Å². The first kappa shape index (κ1) is 19.5. The van der Waals surface area contributed by atoms with Crippen LogP contribution < -0.4 is 10.1 Å². The Hall–Kier alpha value is -1.87. The van der Waals surface area contributed by atoms with Gasteiger partial charge < -0.3 is 19.9 Å². The minimum absolute atomic E-state index is 0.147. The number of nitrogens with one attached hydrogen (secondary N) is 1. The molecule has 0 radical (unpaired) electrons. The standard InChI is InChI=1S/C14H20N2O2.C2HF3O2/c1-2-6-16-13(3-1)17-7-4-12-5-8-18-14(9-12)10-15-11-14;3-2(4,5)1(6)7/h1-3,6,12,15H,4-5,7-11H2;(H,6,7). The molecule has 0 bridgehead atoms. The molecule has 9 heteroatoms. The summed E-state index contributed by atoms with van der Waals surface area (Å²) in [5.41, 5.74) is 0.147. The van der Waals surface area contributed by atoms with Gasteiger partial charge in [0, 0.05) is 32.0 Å². The molecule has 2 N–H and O–H groups in total. The lowest BCUT2D eigenvalue weighted by Crippen LogP contribution is -2.63. The number of hydrogen-bond donors (Lipinski definition) is 2. The van der Waals surface area contributed by atoms with Gasteiger partial charge in [0.25, 0.3) is 0 Å². The molecule has 6 nitrogen and oxygen atoms in total. The Morgan fingerprint density at radius 3 is 2.68 bits per heavy atom. The van der Waals surface area contributed by atoms with Crippen molar-refractivity contribution in [3.8, 4) is 5.88 Å². The Balaban J connectivity index is 0.000000277. The molecule has 0 aliphatic carbocycles. The van der Waals surface area contributed by atoms with Crippen LogP contribution in [0.15, 0.2) is 24.4 Å². The van der Waals surface area contributed by atoms with Crippen LogP contribution in [-0.4, -0.2) is 54.1 Å². The minimum Gasteiger partial charge on any atom is -0.478 e. The third-order valence-corrected chi connectivity index (χ3v) is 4.15. The van der Waals surface area contributed by atoms with Crippen molar-refractivity contribution in [1.82, 2.24) is 10.3 Å². The van der Waals surface area contributed by atoms with Crippen molar-refractivity contribution in [2.75, 3.05) is 26.3 Å². The molecular weight excluding hydrogens is 341 g/mol. The Morgan fingerprint density at radius 2 is 2.16 bits per heavy atom. The van der Waals surface area contributed by atoms with Crippen molar-refractivity contribution in [3.63, 3.8) is 0 Å². The zero-order chi connectivity index (χ0) is 18.3. The highest BCUT2D eigenvalue weighted by Crippen LogP contribution is 2.33. The summed E-state index contributed by atoms with van der Waals surface area (Å²) in [4.78, 5) is 13.1. The predicted octanol–water partition coefficient (Wildman–Crippen LogP) is 2.25. The summed E-state index contributed by atoms with van der Waals surface area (Å²) in [5, 5.41) is 10.4. The van der Waals surface area contributed by atoms with Gasteiger partial charge in [0.2, 0.25) is 5.88 Å². The van der Waals surface area contributed by atoms with Crippen molar-refractivity contribution < 1.29 is 32.5 Å². The third-order valence-electron chi connectivity index (χ3n) is 4.15. The lowest BCUT2D eigenvalue weighted by Gasteiger charge is -2.47. The van der Waals surface area contributed by atoms with Crippen molar-refractivity contribution in [1.29, 1.82) is 0 Å². The molecule has 2 saturated heterocycles. The number of ether oxygens (including phenoxy) is 2. The van der Waals surface area contributed by atoms with Crippen LogP contribution in [0.2, 0.25) is 0 Å². The van der Waals surface area contributed by atoms with E-state index in [1.165, 1.54) is 6.42 Å². The number of carboxylic acids is 1. The molecule has 140 valence electrons. The summed E-state index contributed by atoms with van der Waals surface area (Å²) < 4.78 is 43.3. The van der Waals surface area contributed by atoms with E-state index in [2.05, 4.69) is 10.3 Å². The number of nitrogens with zero attached hydrogens (tertiary/aromatic N) is 1. The fourth-order valence-corrected chi connectivity index (χ4v) is 2.79. The molecule has 3 rings (SSSR count). The van der Waals surface area contributed by atoms with Gasteiger partial charge in [0.15, 0.2) is 0 Å². The number of aliphatic carboxylic acids is 1. The van der Waals surface area contributed by atoms with E-state index >= 15 is 0 Å². The Morgan fingerprint density at radius 1 is 1.44 bits per heavy atom. The minimum atomic E-state index is -5.08. The maximum absolute atomic E-state index is 10.6. The van der Waals surface area contributed by atoms with Crippen molar-refractivity contribution in [3.05, 3.63) is 24.4 Å². The van der Waals surface area contributed by atoms with Gasteiger partial charge in [-0.15, -0.1) is 0 Å². The molecule has 0 saturated carbocycles. The van der Waals surface area contributed by atoms with Gasteiger partial charge in [-0.1, -0.05) is 6.07 Å². The van der Waals surface area contributed by atoms with Crippen LogP contribution in [0.4, 0.5) is 13.2 Å². The van der Waals surface area contributed by atoms with E-state index in [1.807, 2.05) is 18.2 Å². The normalized spacial score (nSPS) is 21.6. The van der Waals surface area contributed by atoms with Gasteiger partial charge in [-0.3, -0.25) is 0 Å². The smallest absolute Gasteiger partial charge is 0.478 e. The van der Waals surface area contributed by atoms with Crippen LogP contribution in [0.1, 0.15) is 19.3 Å². The molecule has 1 aromatic heterocycles. The van der Waals surface area contributed by atoms with E-state index in [1.54, 1.807) is 6.20 Å². The molecule has 0 amide bonds. The Bertz CT molecular complexity index is 550. The van der Waals surface area contributed by atoms with Gasteiger partial charge in [0.05, 0.1) is 12.2 Å². The van der Waals surface area contributed by atoms with Gasteiger partial charge in [-0.25, -0.2) is 9.78 Å². The maximum Gasteiger partial charge on any atom is 0.490 e. The van der Waals surface area contributed by atoms with E-state index in [9.17, 15) is 13.2 Å². The van der Waals surface area contributed by atoms with Crippen LogP contribution in [-0.2, 0) is 9.53 Å². The first-order valence-corrected chi connectivity index (χ1v) is 7.99. The quantitative estimate of drug-likeness (QED) is 0.855. The number of aromatic nitrogens is 1. The highest BCUT2D eigenvalue weighted by atomic mass is 19.4. The molecule has 1 atom stereocenters. The lowest BCUT2D eigenvalue weighted by atomic mass is 9.80. The molecule has 3 heterocycles. The van der Waals surface area contributed by atoms with E-state index < -0.39 is 12.1 Å². The average Bonchev–Trinajstić information content (AvgIpc) is 2.54. The number of alkyl halides is 3. The topological polar surface area (TPSA) is 80.7 Å². The highest BCUT2D eigenvalue weighted by Gasteiger charge is 2.42. The highest BCUT2D eigenvalue weighted by molar-refractivity contribution is 5.73.